The summed E-state index contributed by atoms with van der Waals surface area (Å²) in [7, 11) is 0. The first-order valence-corrected chi connectivity index (χ1v) is 6.69. The molecule has 0 aromatic heterocycles. The molecule has 0 radical (unpaired) electrons. The molecule has 0 aliphatic heterocycles. The van der Waals surface area contributed by atoms with E-state index < -0.39 is 5.41 Å². The Balaban J connectivity index is 2.15. The summed E-state index contributed by atoms with van der Waals surface area (Å²) in [6, 6.07) is 18.2. The van der Waals surface area contributed by atoms with Gasteiger partial charge in [-0.05, 0) is 0 Å². The molecule has 0 amide bonds. The minimum absolute atomic E-state index is 0.000110. The van der Waals surface area contributed by atoms with Crippen LogP contribution in [0.3, 0.4) is 0 Å². The molecule has 2 aromatic carbocycles. The Hall–Kier alpha value is -2.22. The maximum atomic E-state index is 12.5. The van der Waals surface area contributed by atoms with Gasteiger partial charge in [-0.2, -0.15) is 0 Å². The molecule has 0 saturated carbocycles. The molecule has 2 aromatic rings. The zero-order chi connectivity index (χ0) is 14.6. The van der Waals surface area contributed by atoms with E-state index in [4.69, 9.17) is 0 Å². The van der Waals surface area contributed by atoms with Crippen molar-refractivity contribution in [2.24, 2.45) is 5.41 Å². The lowest BCUT2D eigenvalue weighted by molar-refractivity contribution is 0.0767. The molecule has 2 heteroatoms. The van der Waals surface area contributed by atoms with Crippen LogP contribution >= 0.6 is 0 Å². The summed E-state index contributed by atoms with van der Waals surface area (Å²) in [6.07, 6.45) is 0.213. The molecule has 0 atom stereocenters. The van der Waals surface area contributed by atoms with E-state index in [0.29, 0.717) is 11.1 Å². The van der Waals surface area contributed by atoms with Crippen LogP contribution in [-0.2, 0) is 0 Å². The fourth-order valence-electron chi connectivity index (χ4n) is 2.19. The third-order valence-corrected chi connectivity index (χ3v) is 3.35. The highest BCUT2D eigenvalue weighted by molar-refractivity contribution is 6.05. The van der Waals surface area contributed by atoms with Crippen LogP contribution in [0.1, 0.15) is 41.0 Å². The van der Waals surface area contributed by atoms with Crippen LogP contribution in [0.4, 0.5) is 0 Å². The van der Waals surface area contributed by atoms with Crippen molar-refractivity contribution in [2.75, 3.05) is 0 Å². The van der Waals surface area contributed by atoms with E-state index in [-0.39, 0.29) is 18.0 Å². The minimum Gasteiger partial charge on any atom is -0.294 e. The molecule has 20 heavy (non-hydrogen) atoms. The second kappa shape index (κ2) is 5.83. The van der Waals surface area contributed by atoms with Crippen LogP contribution in [0.5, 0.6) is 0 Å². The van der Waals surface area contributed by atoms with Gasteiger partial charge in [0.15, 0.2) is 11.6 Å². The van der Waals surface area contributed by atoms with Gasteiger partial charge in [0, 0.05) is 23.0 Å². The lowest BCUT2D eigenvalue weighted by Crippen LogP contribution is -2.27. The van der Waals surface area contributed by atoms with Gasteiger partial charge < -0.3 is 0 Å². The summed E-state index contributed by atoms with van der Waals surface area (Å²) in [5.74, 6) is 0.00209. The second-order valence-electron chi connectivity index (χ2n) is 5.55. The van der Waals surface area contributed by atoms with Crippen molar-refractivity contribution in [3.63, 3.8) is 0 Å². The van der Waals surface area contributed by atoms with Crippen molar-refractivity contribution < 1.29 is 9.59 Å². The van der Waals surface area contributed by atoms with E-state index in [1.54, 1.807) is 24.3 Å². The number of hydrogen-bond acceptors (Lipinski definition) is 2. The molecular formula is C18H18O2. The number of rotatable bonds is 5. The van der Waals surface area contributed by atoms with Crippen LogP contribution < -0.4 is 0 Å². The van der Waals surface area contributed by atoms with Crippen molar-refractivity contribution >= 4 is 11.6 Å². The highest BCUT2D eigenvalue weighted by Gasteiger charge is 2.31. The predicted octanol–water partition coefficient (Wildman–Crippen LogP) is 4.17. The Labute approximate surface area is 119 Å². The monoisotopic (exact) mass is 266 g/mol. The molecule has 2 rings (SSSR count). The van der Waals surface area contributed by atoms with Gasteiger partial charge in [-0.25, -0.2) is 0 Å². The van der Waals surface area contributed by atoms with Crippen molar-refractivity contribution in [2.45, 2.75) is 20.3 Å². The first-order valence-electron chi connectivity index (χ1n) is 6.69. The molecule has 0 fully saturated rings. The van der Waals surface area contributed by atoms with E-state index in [1.807, 2.05) is 50.2 Å². The Kier molecular flexibility index (Phi) is 4.14. The number of hydrogen-bond donors (Lipinski definition) is 0. The van der Waals surface area contributed by atoms with E-state index in [0.717, 1.165) is 0 Å². The Morgan fingerprint density at radius 2 is 1.25 bits per heavy atom. The number of carbonyl (C=O) groups excluding carboxylic acids is 2. The highest BCUT2D eigenvalue weighted by Crippen LogP contribution is 2.27. The molecule has 102 valence electrons. The standard InChI is InChI=1S/C18H18O2/c1-18(2,17(20)15-11-7-4-8-12-15)13-16(19)14-9-5-3-6-10-14/h3-12H,13H2,1-2H3. The van der Waals surface area contributed by atoms with Gasteiger partial charge in [-0.3, -0.25) is 9.59 Å². The van der Waals surface area contributed by atoms with Crippen LogP contribution in [0.15, 0.2) is 60.7 Å². The van der Waals surface area contributed by atoms with E-state index in [2.05, 4.69) is 0 Å². The first kappa shape index (κ1) is 14.2. The summed E-state index contributed by atoms with van der Waals surface area (Å²) >= 11 is 0. The molecule has 0 heterocycles. The van der Waals surface area contributed by atoms with Crippen molar-refractivity contribution in [3.05, 3.63) is 71.8 Å². The molecule has 0 aliphatic rings. The molecule has 0 N–H and O–H groups in total. The molecule has 2 nitrogen and oxygen atoms in total. The summed E-state index contributed by atoms with van der Waals surface area (Å²) in [5, 5.41) is 0. The quantitative estimate of drug-likeness (QED) is 0.761. The van der Waals surface area contributed by atoms with Gasteiger partial charge >= 0.3 is 0 Å². The fraction of sp³-hybridized carbons (Fsp3) is 0.222. The number of Topliss-reactive ketones (excluding diaryl/α,β-unsaturated/α-hetero) is 2. The van der Waals surface area contributed by atoms with Crippen molar-refractivity contribution in [1.82, 2.24) is 0 Å². The largest absolute Gasteiger partial charge is 0.294 e. The lowest BCUT2D eigenvalue weighted by Gasteiger charge is -2.22. The van der Waals surface area contributed by atoms with Gasteiger partial charge in [0.2, 0.25) is 0 Å². The zero-order valence-corrected chi connectivity index (χ0v) is 11.8. The average molecular weight is 266 g/mol. The van der Waals surface area contributed by atoms with Crippen molar-refractivity contribution in [3.8, 4) is 0 Å². The second-order valence-corrected chi connectivity index (χ2v) is 5.55. The van der Waals surface area contributed by atoms with Gasteiger partial charge in [-0.1, -0.05) is 74.5 Å². The lowest BCUT2D eigenvalue weighted by atomic mass is 9.79. The molecule has 0 aliphatic carbocycles. The molecule has 0 spiro atoms. The van der Waals surface area contributed by atoms with Gasteiger partial charge in [0.1, 0.15) is 0 Å². The molecular weight excluding hydrogens is 248 g/mol. The summed E-state index contributed by atoms with van der Waals surface area (Å²) < 4.78 is 0. The third kappa shape index (κ3) is 3.21. The van der Waals surface area contributed by atoms with Crippen molar-refractivity contribution in [1.29, 1.82) is 0 Å². The molecule has 0 saturated heterocycles. The third-order valence-electron chi connectivity index (χ3n) is 3.35. The topological polar surface area (TPSA) is 34.1 Å². The van der Waals surface area contributed by atoms with Gasteiger partial charge in [-0.15, -0.1) is 0 Å². The zero-order valence-electron chi connectivity index (χ0n) is 11.8. The highest BCUT2D eigenvalue weighted by atomic mass is 16.1. The van der Waals surface area contributed by atoms with Crippen LogP contribution in [0.2, 0.25) is 0 Å². The van der Waals surface area contributed by atoms with E-state index in [1.165, 1.54) is 0 Å². The number of ketones is 2. The first-order chi connectivity index (χ1) is 9.50. The average Bonchev–Trinajstić information content (AvgIpc) is 2.48. The fourth-order valence-corrected chi connectivity index (χ4v) is 2.19. The van der Waals surface area contributed by atoms with Gasteiger partial charge in [0.05, 0.1) is 0 Å². The Morgan fingerprint density at radius 1 is 0.800 bits per heavy atom. The SMILES string of the molecule is CC(C)(CC(=O)c1ccccc1)C(=O)c1ccccc1. The Morgan fingerprint density at radius 3 is 1.75 bits per heavy atom. The van der Waals surface area contributed by atoms with Crippen LogP contribution in [0, 0.1) is 5.41 Å². The van der Waals surface area contributed by atoms with E-state index >= 15 is 0 Å². The number of benzene rings is 2. The minimum atomic E-state index is -0.700. The van der Waals surface area contributed by atoms with Crippen LogP contribution in [0.25, 0.3) is 0 Å². The van der Waals surface area contributed by atoms with E-state index in [9.17, 15) is 9.59 Å². The summed E-state index contributed by atoms with van der Waals surface area (Å²) in [6.45, 7) is 3.65. The normalized spacial score (nSPS) is 11.1. The Bertz CT molecular complexity index is 598. The predicted molar refractivity (Wildman–Crippen MR) is 79.9 cm³/mol. The smallest absolute Gasteiger partial charge is 0.168 e. The maximum absolute atomic E-state index is 12.5. The summed E-state index contributed by atoms with van der Waals surface area (Å²) in [4.78, 5) is 24.7. The van der Waals surface area contributed by atoms with Crippen LogP contribution in [-0.4, -0.2) is 11.6 Å². The molecule has 0 unspecified atom stereocenters. The summed E-state index contributed by atoms with van der Waals surface area (Å²) in [5.41, 5.74) is 0.605. The molecule has 0 bridgehead atoms. The number of carbonyl (C=O) groups is 2. The van der Waals surface area contributed by atoms with Gasteiger partial charge in [0.25, 0.3) is 0 Å². The maximum Gasteiger partial charge on any atom is 0.168 e.